The Morgan fingerprint density at radius 3 is 2.61 bits per heavy atom. The van der Waals surface area contributed by atoms with Crippen molar-refractivity contribution in [2.24, 2.45) is 0 Å². The van der Waals surface area contributed by atoms with E-state index >= 15 is 0 Å². The molecule has 0 heterocycles. The highest BCUT2D eigenvalue weighted by Gasteiger charge is 2.07. The first kappa shape index (κ1) is 13.4. The quantitative estimate of drug-likeness (QED) is 0.881. The maximum atomic E-state index is 5.43. The standard InChI is InChI=1S/C15H18BrNO/c1-3-18-10-11(2)17-15-9-8-14(16)12-6-4-5-7-13(12)15/h4-9,11,17H,3,10H2,1-2H3. The Labute approximate surface area is 116 Å². The molecule has 0 fully saturated rings. The monoisotopic (exact) mass is 307 g/mol. The molecule has 0 spiro atoms. The molecule has 2 nitrogen and oxygen atoms in total. The second-order valence-electron chi connectivity index (χ2n) is 4.35. The molecule has 2 aromatic carbocycles. The number of hydrogen-bond acceptors (Lipinski definition) is 2. The first-order valence-electron chi connectivity index (χ1n) is 6.24. The molecule has 1 atom stereocenters. The van der Waals surface area contributed by atoms with E-state index in [0.29, 0.717) is 6.04 Å². The first-order valence-corrected chi connectivity index (χ1v) is 7.03. The van der Waals surface area contributed by atoms with Crippen LogP contribution in [0.3, 0.4) is 0 Å². The molecule has 1 N–H and O–H groups in total. The molecule has 96 valence electrons. The molecule has 1 unspecified atom stereocenters. The third kappa shape index (κ3) is 3.03. The summed E-state index contributed by atoms with van der Waals surface area (Å²) in [5, 5.41) is 5.96. The van der Waals surface area contributed by atoms with Gasteiger partial charge < -0.3 is 10.1 Å². The van der Waals surface area contributed by atoms with Gasteiger partial charge in [-0.3, -0.25) is 0 Å². The van der Waals surface area contributed by atoms with E-state index in [1.807, 2.05) is 6.92 Å². The average Bonchev–Trinajstić information content (AvgIpc) is 2.40. The summed E-state index contributed by atoms with van der Waals surface area (Å²) in [6.07, 6.45) is 0. The molecular weight excluding hydrogens is 290 g/mol. The van der Waals surface area contributed by atoms with E-state index in [2.05, 4.69) is 64.6 Å². The zero-order chi connectivity index (χ0) is 13.0. The maximum absolute atomic E-state index is 5.43. The summed E-state index contributed by atoms with van der Waals surface area (Å²) in [5.74, 6) is 0. The fraction of sp³-hybridized carbons (Fsp3) is 0.333. The van der Waals surface area contributed by atoms with E-state index in [1.165, 1.54) is 10.8 Å². The van der Waals surface area contributed by atoms with Gasteiger partial charge in [-0.1, -0.05) is 40.2 Å². The van der Waals surface area contributed by atoms with Gasteiger partial charge in [-0.15, -0.1) is 0 Å². The largest absolute Gasteiger partial charge is 0.380 e. The number of rotatable bonds is 5. The van der Waals surface area contributed by atoms with Gasteiger partial charge in [0.15, 0.2) is 0 Å². The zero-order valence-corrected chi connectivity index (χ0v) is 12.3. The lowest BCUT2D eigenvalue weighted by molar-refractivity contribution is 0.141. The highest BCUT2D eigenvalue weighted by molar-refractivity contribution is 9.10. The van der Waals surface area contributed by atoms with Crippen molar-refractivity contribution in [3.8, 4) is 0 Å². The lowest BCUT2D eigenvalue weighted by Gasteiger charge is -2.17. The molecule has 0 aliphatic carbocycles. The van der Waals surface area contributed by atoms with Gasteiger partial charge >= 0.3 is 0 Å². The van der Waals surface area contributed by atoms with E-state index in [0.717, 1.165) is 23.4 Å². The number of benzene rings is 2. The van der Waals surface area contributed by atoms with Crippen molar-refractivity contribution < 1.29 is 4.74 Å². The molecule has 0 amide bonds. The van der Waals surface area contributed by atoms with Crippen LogP contribution in [0.15, 0.2) is 40.9 Å². The predicted molar refractivity (Wildman–Crippen MR) is 81.2 cm³/mol. The van der Waals surface area contributed by atoms with E-state index in [1.54, 1.807) is 0 Å². The van der Waals surface area contributed by atoms with Gasteiger partial charge in [0.25, 0.3) is 0 Å². The lowest BCUT2D eigenvalue weighted by atomic mass is 10.1. The molecule has 0 aliphatic heterocycles. The minimum Gasteiger partial charge on any atom is -0.380 e. The normalized spacial score (nSPS) is 12.6. The number of halogens is 1. The average molecular weight is 308 g/mol. The van der Waals surface area contributed by atoms with Gasteiger partial charge in [-0.2, -0.15) is 0 Å². The van der Waals surface area contributed by atoms with Crippen molar-refractivity contribution in [3.63, 3.8) is 0 Å². The highest BCUT2D eigenvalue weighted by Crippen LogP contribution is 2.30. The summed E-state index contributed by atoms with van der Waals surface area (Å²) < 4.78 is 6.56. The van der Waals surface area contributed by atoms with Crippen molar-refractivity contribution in [1.29, 1.82) is 0 Å². The van der Waals surface area contributed by atoms with E-state index < -0.39 is 0 Å². The van der Waals surface area contributed by atoms with Crippen LogP contribution in [0.4, 0.5) is 5.69 Å². The number of fused-ring (bicyclic) bond motifs is 1. The second-order valence-corrected chi connectivity index (χ2v) is 5.20. The number of anilines is 1. The molecule has 0 aromatic heterocycles. The van der Waals surface area contributed by atoms with Crippen molar-refractivity contribution in [3.05, 3.63) is 40.9 Å². The Morgan fingerprint density at radius 2 is 1.89 bits per heavy atom. The van der Waals surface area contributed by atoms with Crippen LogP contribution in [0.25, 0.3) is 10.8 Å². The molecule has 2 aromatic rings. The fourth-order valence-corrected chi connectivity index (χ4v) is 2.47. The molecule has 0 bridgehead atoms. The fourth-order valence-electron chi connectivity index (χ4n) is 1.99. The summed E-state index contributed by atoms with van der Waals surface area (Å²) in [4.78, 5) is 0. The van der Waals surface area contributed by atoms with Gasteiger partial charge in [0.1, 0.15) is 0 Å². The van der Waals surface area contributed by atoms with Crippen LogP contribution < -0.4 is 5.32 Å². The van der Waals surface area contributed by atoms with Crippen LogP contribution in [-0.2, 0) is 4.74 Å². The molecule has 0 saturated heterocycles. The Hall–Kier alpha value is -1.06. The number of hydrogen-bond donors (Lipinski definition) is 1. The summed E-state index contributed by atoms with van der Waals surface area (Å²) in [5.41, 5.74) is 1.15. The first-order chi connectivity index (χ1) is 8.72. The third-order valence-electron chi connectivity index (χ3n) is 2.84. The molecule has 0 aliphatic rings. The summed E-state index contributed by atoms with van der Waals surface area (Å²) >= 11 is 3.59. The molecular formula is C15H18BrNO. The smallest absolute Gasteiger partial charge is 0.0664 e. The lowest BCUT2D eigenvalue weighted by Crippen LogP contribution is -2.21. The summed E-state index contributed by atoms with van der Waals surface area (Å²) in [7, 11) is 0. The van der Waals surface area contributed by atoms with Gasteiger partial charge in [0.05, 0.1) is 6.61 Å². The van der Waals surface area contributed by atoms with Crippen LogP contribution >= 0.6 is 15.9 Å². The summed E-state index contributed by atoms with van der Waals surface area (Å²) in [6, 6.07) is 12.9. The minimum absolute atomic E-state index is 0.300. The van der Waals surface area contributed by atoms with Crippen LogP contribution in [-0.4, -0.2) is 19.3 Å². The molecule has 2 rings (SSSR count). The van der Waals surface area contributed by atoms with Gasteiger partial charge in [0.2, 0.25) is 0 Å². The molecule has 0 saturated carbocycles. The Bertz CT molecular complexity index is 527. The van der Waals surface area contributed by atoms with Crippen molar-refractivity contribution in [2.45, 2.75) is 19.9 Å². The van der Waals surface area contributed by atoms with E-state index in [9.17, 15) is 0 Å². The maximum Gasteiger partial charge on any atom is 0.0664 e. The third-order valence-corrected chi connectivity index (χ3v) is 3.54. The zero-order valence-electron chi connectivity index (χ0n) is 10.7. The van der Waals surface area contributed by atoms with Crippen molar-refractivity contribution >= 4 is 32.4 Å². The van der Waals surface area contributed by atoms with Crippen molar-refractivity contribution in [1.82, 2.24) is 0 Å². The van der Waals surface area contributed by atoms with E-state index in [-0.39, 0.29) is 0 Å². The Kier molecular flexibility index (Phi) is 4.61. The SMILES string of the molecule is CCOCC(C)Nc1ccc(Br)c2ccccc12. The predicted octanol–water partition coefficient (Wildman–Crippen LogP) is 4.44. The molecule has 0 radical (unpaired) electrons. The minimum atomic E-state index is 0.300. The van der Waals surface area contributed by atoms with Crippen LogP contribution in [0.5, 0.6) is 0 Å². The number of nitrogens with one attached hydrogen (secondary N) is 1. The van der Waals surface area contributed by atoms with Gasteiger partial charge in [0, 0.05) is 28.2 Å². The van der Waals surface area contributed by atoms with Gasteiger partial charge in [-0.05, 0) is 31.4 Å². The van der Waals surface area contributed by atoms with Crippen LogP contribution in [0, 0.1) is 0 Å². The van der Waals surface area contributed by atoms with E-state index in [4.69, 9.17) is 4.74 Å². The number of ether oxygens (including phenoxy) is 1. The summed E-state index contributed by atoms with van der Waals surface area (Å²) in [6.45, 7) is 5.63. The van der Waals surface area contributed by atoms with Crippen LogP contribution in [0.1, 0.15) is 13.8 Å². The molecule has 3 heteroatoms. The van der Waals surface area contributed by atoms with Crippen LogP contribution in [0.2, 0.25) is 0 Å². The molecule has 18 heavy (non-hydrogen) atoms. The van der Waals surface area contributed by atoms with Gasteiger partial charge in [-0.25, -0.2) is 0 Å². The second kappa shape index (κ2) is 6.21. The van der Waals surface area contributed by atoms with Crippen molar-refractivity contribution in [2.75, 3.05) is 18.5 Å². The highest BCUT2D eigenvalue weighted by atomic mass is 79.9. The topological polar surface area (TPSA) is 21.3 Å². The Balaban J connectivity index is 2.26. The Morgan fingerprint density at radius 1 is 1.17 bits per heavy atom.